The van der Waals surface area contributed by atoms with E-state index in [1.807, 2.05) is 18.2 Å². The molecule has 1 aliphatic heterocycles. The highest BCUT2D eigenvalue weighted by Gasteiger charge is 2.28. The van der Waals surface area contributed by atoms with E-state index in [1.165, 1.54) is 7.11 Å². The summed E-state index contributed by atoms with van der Waals surface area (Å²) in [6.07, 6.45) is 1.89. The Labute approximate surface area is 118 Å². The maximum Gasteiger partial charge on any atom is 0.310 e. The Morgan fingerprint density at radius 2 is 2.15 bits per heavy atom. The molecule has 1 aromatic rings. The van der Waals surface area contributed by atoms with Crippen LogP contribution < -0.4 is 5.73 Å². The summed E-state index contributed by atoms with van der Waals surface area (Å²) in [7, 11) is 1.38. The van der Waals surface area contributed by atoms with Crippen molar-refractivity contribution < 1.29 is 14.3 Å². The number of para-hydroxylation sites is 1. The van der Waals surface area contributed by atoms with E-state index in [1.54, 1.807) is 11.0 Å². The molecule has 5 heteroatoms. The Morgan fingerprint density at radius 3 is 2.85 bits per heavy atom. The van der Waals surface area contributed by atoms with Crippen molar-refractivity contribution in [3.8, 4) is 0 Å². The zero-order valence-electron chi connectivity index (χ0n) is 11.7. The van der Waals surface area contributed by atoms with Crippen molar-refractivity contribution in [3.05, 3.63) is 29.8 Å². The second kappa shape index (κ2) is 6.41. The van der Waals surface area contributed by atoms with Gasteiger partial charge in [-0.15, -0.1) is 0 Å². The molecule has 1 aromatic carbocycles. The molecule has 1 unspecified atom stereocenters. The van der Waals surface area contributed by atoms with E-state index in [0.29, 0.717) is 18.8 Å². The highest BCUT2D eigenvalue weighted by Crippen LogP contribution is 2.19. The fourth-order valence-corrected chi connectivity index (χ4v) is 2.53. The van der Waals surface area contributed by atoms with Crippen LogP contribution in [0, 0.1) is 5.92 Å². The first-order valence-electron chi connectivity index (χ1n) is 6.80. The molecule has 0 aromatic heterocycles. The third-order valence-corrected chi connectivity index (χ3v) is 3.71. The summed E-state index contributed by atoms with van der Waals surface area (Å²) in [6, 6.07) is 7.36. The number of hydrogen-bond acceptors (Lipinski definition) is 4. The van der Waals surface area contributed by atoms with Crippen LogP contribution in [0.1, 0.15) is 18.4 Å². The van der Waals surface area contributed by atoms with Crippen molar-refractivity contribution in [2.75, 3.05) is 25.9 Å². The third kappa shape index (κ3) is 3.29. The van der Waals surface area contributed by atoms with Crippen molar-refractivity contribution in [2.24, 2.45) is 5.92 Å². The van der Waals surface area contributed by atoms with E-state index in [9.17, 15) is 9.59 Å². The zero-order chi connectivity index (χ0) is 14.5. The molecular weight excluding hydrogens is 256 g/mol. The quantitative estimate of drug-likeness (QED) is 0.665. The number of anilines is 1. The van der Waals surface area contributed by atoms with Gasteiger partial charge >= 0.3 is 5.97 Å². The third-order valence-electron chi connectivity index (χ3n) is 3.71. The van der Waals surface area contributed by atoms with Crippen molar-refractivity contribution in [1.82, 2.24) is 4.90 Å². The Balaban J connectivity index is 1.99. The summed E-state index contributed by atoms with van der Waals surface area (Å²) in [5.74, 6) is -0.427. The van der Waals surface area contributed by atoms with Gasteiger partial charge in [0.15, 0.2) is 0 Å². The molecule has 5 nitrogen and oxygen atoms in total. The second-order valence-corrected chi connectivity index (χ2v) is 5.08. The van der Waals surface area contributed by atoms with Gasteiger partial charge in [0.1, 0.15) is 0 Å². The maximum absolute atomic E-state index is 12.3. The number of carbonyl (C=O) groups is 2. The van der Waals surface area contributed by atoms with E-state index in [0.717, 1.165) is 18.4 Å². The highest BCUT2D eigenvalue weighted by molar-refractivity contribution is 5.81. The lowest BCUT2D eigenvalue weighted by molar-refractivity contribution is -0.148. The Hall–Kier alpha value is -2.04. The van der Waals surface area contributed by atoms with Crippen LogP contribution in [-0.2, 0) is 20.7 Å². The van der Waals surface area contributed by atoms with E-state index in [2.05, 4.69) is 0 Å². The SMILES string of the molecule is COC(=O)C1CCCN(C(=O)Cc2ccccc2N)C1. The maximum atomic E-state index is 12.3. The minimum atomic E-state index is -0.235. The smallest absolute Gasteiger partial charge is 0.310 e. The number of carbonyl (C=O) groups excluding carboxylic acids is 2. The molecule has 0 spiro atoms. The normalized spacial score (nSPS) is 18.6. The number of hydrogen-bond donors (Lipinski definition) is 1. The molecule has 1 heterocycles. The average Bonchev–Trinajstić information content (AvgIpc) is 2.49. The number of benzene rings is 1. The van der Waals surface area contributed by atoms with E-state index in [-0.39, 0.29) is 24.2 Å². The Morgan fingerprint density at radius 1 is 1.40 bits per heavy atom. The minimum absolute atomic E-state index is 0.0107. The Kier molecular flexibility index (Phi) is 4.61. The molecular formula is C15H20N2O3. The summed E-state index contributed by atoms with van der Waals surface area (Å²) >= 11 is 0. The number of nitrogens with two attached hydrogens (primary N) is 1. The van der Waals surface area contributed by atoms with E-state index >= 15 is 0 Å². The molecule has 1 fully saturated rings. The lowest BCUT2D eigenvalue weighted by Gasteiger charge is -2.31. The number of likely N-dealkylation sites (tertiary alicyclic amines) is 1. The van der Waals surface area contributed by atoms with Gasteiger partial charge in [0, 0.05) is 18.8 Å². The summed E-state index contributed by atoms with van der Waals surface area (Å²) < 4.78 is 4.76. The fraction of sp³-hybridized carbons (Fsp3) is 0.467. The summed E-state index contributed by atoms with van der Waals surface area (Å²) in [4.78, 5) is 25.6. The van der Waals surface area contributed by atoms with Crippen LogP contribution in [-0.4, -0.2) is 37.0 Å². The predicted molar refractivity (Wildman–Crippen MR) is 75.9 cm³/mol. The molecule has 1 aliphatic rings. The summed E-state index contributed by atoms with van der Waals surface area (Å²) in [6.45, 7) is 1.14. The molecule has 2 rings (SSSR count). The van der Waals surface area contributed by atoms with Crippen molar-refractivity contribution in [2.45, 2.75) is 19.3 Å². The number of nitrogens with zero attached hydrogens (tertiary/aromatic N) is 1. The molecule has 1 atom stereocenters. The molecule has 20 heavy (non-hydrogen) atoms. The first kappa shape index (κ1) is 14.4. The van der Waals surface area contributed by atoms with E-state index in [4.69, 9.17) is 10.5 Å². The molecule has 0 aliphatic carbocycles. The highest BCUT2D eigenvalue weighted by atomic mass is 16.5. The number of rotatable bonds is 3. The standard InChI is InChI=1S/C15H20N2O3/c1-20-15(19)12-6-4-8-17(10-12)14(18)9-11-5-2-3-7-13(11)16/h2-3,5,7,12H,4,6,8-10,16H2,1H3. The fourth-order valence-electron chi connectivity index (χ4n) is 2.53. The predicted octanol–water partition coefficient (Wildman–Crippen LogP) is 1.22. The molecule has 0 radical (unpaired) electrons. The van der Waals surface area contributed by atoms with Crippen LogP contribution in [0.15, 0.2) is 24.3 Å². The van der Waals surface area contributed by atoms with Gasteiger partial charge in [-0.2, -0.15) is 0 Å². The van der Waals surface area contributed by atoms with Crippen molar-refractivity contribution >= 4 is 17.6 Å². The average molecular weight is 276 g/mol. The van der Waals surface area contributed by atoms with Crippen LogP contribution in [0.4, 0.5) is 5.69 Å². The first-order valence-corrected chi connectivity index (χ1v) is 6.80. The number of esters is 1. The lowest BCUT2D eigenvalue weighted by atomic mass is 9.97. The van der Waals surface area contributed by atoms with Crippen LogP contribution >= 0.6 is 0 Å². The molecule has 0 saturated carbocycles. The monoisotopic (exact) mass is 276 g/mol. The van der Waals surface area contributed by atoms with Crippen LogP contribution in [0.3, 0.4) is 0 Å². The van der Waals surface area contributed by atoms with Gasteiger partial charge in [-0.1, -0.05) is 18.2 Å². The van der Waals surface area contributed by atoms with Crippen LogP contribution in [0.2, 0.25) is 0 Å². The van der Waals surface area contributed by atoms with Crippen LogP contribution in [0.25, 0.3) is 0 Å². The zero-order valence-corrected chi connectivity index (χ0v) is 11.7. The minimum Gasteiger partial charge on any atom is -0.469 e. The van der Waals surface area contributed by atoms with Gasteiger partial charge in [-0.25, -0.2) is 0 Å². The topological polar surface area (TPSA) is 72.6 Å². The Bertz CT molecular complexity index is 502. The summed E-state index contributed by atoms with van der Waals surface area (Å²) in [5.41, 5.74) is 7.31. The molecule has 108 valence electrons. The van der Waals surface area contributed by atoms with Gasteiger partial charge < -0.3 is 15.4 Å². The number of ether oxygens (including phenoxy) is 1. The first-order chi connectivity index (χ1) is 9.61. The van der Waals surface area contributed by atoms with Gasteiger partial charge in [-0.05, 0) is 24.5 Å². The molecule has 2 N–H and O–H groups in total. The lowest BCUT2D eigenvalue weighted by Crippen LogP contribution is -2.43. The number of methoxy groups -OCH3 is 1. The van der Waals surface area contributed by atoms with Gasteiger partial charge in [0.05, 0.1) is 19.4 Å². The molecule has 1 amide bonds. The molecule has 1 saturated heterocycles. The number of nitrogen functional groups attached to an aromatic ring is 1. The number of piperidine rings is 1. The number of amides is 1. The van der Waals surface area contributed by atoms with E-state index < -0.39 is 0 Å². The van der Waals surface area contributed by atoms with Gasteiger partial charge in [-0.3, -0.25) is 9.59 Å². The van der Waals surface area contributed by atoms with Crippen LogP contribution in [0.5, 0.6) is 0 Å². The summed E-state index contributed by atoms with van der Waals surface area (Å²) in [5, 5.41) is 0. The van der Waals surface area contributed by atoms with Gasteiger partial charge in [0.2, 0.25) is 5.91 Å². The van der Waals surface area contributed by atoms with Crippen molar-refractivity contribution in [3.63, 3.8) is 0 Å². The van der Waals surface area contributed by atoms with Crippen molar-refractivity contribution in [1.29, 1.82) is 0 Å². The second-order valence-electron chi connectivity index (χ2n) is 5.08. The van der Waals surface area contributed by atoms with Gasteiger partial charge in [0.25, 0.3) is 0 Å². The molecule has 0 bridgehead atoms. The largest absolute Gasteiger partial charge is 0.469 e.